The number of carboxylic acid groups (broad SMARTS) is 1. The van der Waals surface area contributed by atoms with Crippen molar-refractivity contribution in [1.29, 1.82) is 0 Å². The monoisotopic (exact) mass is 287 g/mol. The Kier molecular flexibility index (Phi) is 3.57. The van der Waals surface area contributed by atoms with Gasteiger partial charge in [0.05, 0.1) is 10.7 Å². The van der Waals surface area contributed by atoms with Gasteiger partial charge in [0.1, 0.15) is 4.88 Å². The number of aryl methyl sites for hydroxylation is 3. The summed E-state index contributed by atoms with van der Waals surface area (Å²) in [5.74, 6) is -0.862. The van der Waals surface area contributed by atoms with Crippen LogP contribution < -0.4 is 0 Å². The third-order valence-electron chi connectivity index (χ3n) is 3.79. The van der Waals surface area contributed by atoms with Crippen molar-refractivity contribution >= 4 is 17.3 Å². The third-order valence-corrected chi connectivity index (χ3v) is 4.87. The molecule has 1 aromatic heterocycles. The van der Waals surface area contributed by atoms with E-state index in [1.54, 1.807) is 0 Å². The van der Waals surface area contributed by atoms with Crippen LogP contribution in [-0.2, 0) is 25.7 Å². The number of hydrogen-bond acceptors (Lipinski definition) is 3. The highest BCUT2D eigenvalue weighted by Gasteiger charge is 2.17. The fraction of sp³-hybridized carbons (Fsp3) is 0.375. The first-order valence-corrected chi connectivity index (χ1v) is 7.81. The molecule has 2 aromatic rings. The molecule has 0 aliphatic heterocycles. The lowest BCUT2D eigenvalue weighted by Gasteiger charge is -2.03. The van der Waals surface area contributed by atoms with E-state index in [0.717, 1.165) is 11.4 Å². The molecule has 1 aliphatic rings. The average molecular weight is 287 g/mol. The van der Waals surface area contributed by atoms with Gasteiger partial charge >= 0.3 is 5.97 Å². The van der Waals surface area contributed by atoms with Crippen LogP contribution in [0.25, 0.3) is 0 Å². The van der Waals surface area contributed by atoms with E-state index in [2.05, 4.69) is 23.2 Å². The zero-order valence-electron chi connectivity index (χ0n) is 11.5. The normalized spacial score (nSPS) is 13.4. The van der Waals surface area contributed by atoms with Crippen LogP contribution in [0.1, 0.15) is 50.4 Å². The van der Waals surface area contributed by atoms with E-state index >= 15 is 0 Å². The molecular weight excluding hydrogens is 270 g/mol. The number of benzene rings is 1. The van der Waals surface area contributed by atoms with Gasteiger partial charge in [0.15, 0.2) is 0 Å². The summed E-state index contributed by atoms with van der Waals surface area (Å²) >= 11 is 1.31. The largest absolute Gasteiger partial charge is 0.477 e. The molecule has 104 valence electrons. The quantitative estimate of drug-likeness (QED) is 0.936. The second kappa shape index (κ2) is 5.37. The number of aromatic carboxylic acids is 1. The highest BCUT2D eigenvalue weighted by Crippen LogP contribution is 2.26. The number of nitrogens with zero attached hydrogens (tertiary/aromatic N) is 1. The maximum absolute atomic E-state index is 11.2. The maximum atomic E-state index is 11.2. The third kappa shape index (κ3) is 2.48. The molecule has 0 atom stereocenters. The Morgan fingerprint density at radius 2 is 2.15 bits per heavy atom. The first-order valence-electron chi connectivity index (χ1n) is 7.00. The minimum Gasteiger partial charge on any atom is -0.477 e. The maximum Gasteiger partial charge on any atom is 0.347 e. The molecule has 1 heterocycles. The Balaban J connectivity index is 1.86. The van der Waals surface area contributed by atoms with Gasteiger partial charge in [-0.15, -0.1) is 11.3 Å². The van der Waals surface area contributed by atoms with E-state index in [1.807, 2.05) is 6.92 Å². The summed E-state index contributed by atoms with van der Waals surface area (Å²) in [5.41, 5.74) is 4.86. The zero-order valence-corrected chi connectivity index (χ0v) is 12.3. The first-order chi connectivity index (χ1) is 9.67. The van der Waals surface area contributed by atoms with Crippen molar-refractivity contribution < 1.29 is 9.90 Å². The van der Waals surface area contributed by atoms with Crippen molar-refractivity contribution in [3.8, 4) is 0 Å². The Hall–Kier alpha value is -1.68. The van der Waals surface area contributed by atoms with Crippen LogP contribution in [0.2, 0.25) is 0 Å². The lowest BCUT2D eigenvalue weighted by molar-refractivity contribution is 0.0701. The van der Waals surface area contributed by atoms with Gasteiger partial charge in [0, 0.05) is 6.42 Å². The van der Waals surface area contributed by atoms with Gasteiger partial charge in [0.2, 0.25) is 0 Å². The van der Waals surface area contributed by atoms with Crippen LogP contribution in [-0.4, -0.2) is 16.1 Å². The van der Waals surface area contributed by atoms with Gasteiger partial charge in [-0.25, -0.2) is 9.78 Å². The summed E-state index contributed by atoms with van der Waals surface area (Å²) in [4.78, 5) is 16.0. The molecular formula is C16H17NO2S. The highest BCUT2D eigenvalue weighted by atomic mass is 32.1. The molecule has 0 amide bonds. The summed E-state index contributed by atoms with van der Waals surface area (Å²) in [5, 5.41) is 10.1. The molecule has 0 bridgehead atoms. The molecule has 0 saturated carbocycles. The Morgan fingerprint density at radius 3 is 2.85 bits per heavy atom. The van der Waals surface area contributed by atoms with E-state index in [1.165, 1.54) is 47.3 Å². The minimum absolute atomic E-state index is 0.392. The Morgan fingerprint density at radius 1 is 1.35 bits per heavy atom. The van der Waals surface area contributed by atoms with E-state index in [-0.39, 0.29) is 0 Å². The molecule has 3 rings (SSSR count). The molecule has 0 radical (unpaired) electrons. The van der Waals surface area contributed by atoms with E-state index in [4.69, 9.17) is 0 Å². The van der Waals surface area contributed by atoms with Crippen molar-refractivity contribution in [2.45, 2.75) is 39.0 Å². The van der Waals surface area contributed by atoms with Gasteiger partial charge < -0.3 is 5.11 Å². The predicted molar refractivity (Wildman–Crippen MR) is 79.7 cm³/mol. The number of rotatable bonds is 4. The van der Waals surface area contributed by atoms with Crippen molar-refractivity contribution in [2.75, 3.05) is 0 Å². The van der Waals surface area contributed by atoms with Crippen LogP contribution in [0.4, 0.5) is 0 Å². The van der Waals surface area contributed by atoms with Gasteiger partial charge in [-0.2, -0.15) is 0 Å². The average Bonchev–Trinajstić information content (AvgIpc) is 3.04. The van der Waals surface area contributed by atoms with Crippen LogP contribution in [0.15, 0.2) is 18.2 Å². The second-order valence-electron chi connectivity index (χ2n) is 5.18. The van der Waals surface area contributed by atoms with Crippen molar-refractivity contribution in [3.63, 3.8) is 0 Å². The highest BCUT2D eigenvalue weighted by molar-refractivity contribution is 7.13. The first kappa shape index (κ1) is 13.3. The number of carbonyl (C=O) groups is 1. The van der Waals surface area contributed by atoms with Crippen molar-refractivity contribution in [1.82, 2.24) is 4.98 Å². The van der Waals surface area contributed by atoms with Gasteiger partial charge in [-0.05, 0) is 42.4 Å². The number of hydrogen-bond donors (Lipinski definition) is 1. The summed E-state index contributed by atoms with van der Waals surface area (Å²) < 4.78 is 0. The molecule has 0 fully saturated rings. The van der Waals surface area contributed by atoms with E-state index in [0.29, 0.717) is 17.0 Å². The number of carboxylic acids is 1. The minimum atomic E-state index is -0.862. The molecule has 0 saturated heterocycles. The topological polar surface area (TPSA) is 50.2 Å². The molecule has 4 heteroatoms. The molecule has 1 N–H and O–H groups in total. The van der Waals surface area contributed by atoms with E-state index in [9.17, 15) is 9.90 Å². The number of fused-ring (bicyclic) bond motifs is 1. The predicted octanol–water partition coefficient (Wildman–Crippen LogP) is 3.48. The summed E-state index contributed by atoms with van der Waals surface area (Å²) in [7, 11) is 0. The standard InChI is InChI=1S/C16H17NO2S/c1-2-13-15(16(18)19)20-14(17-13)9-10-6-7-11-4-3-5-12(11)8-10/h6-8H,2-5,9H2,1H3,(H,18,19). The Bertz CT molecular complexity index is 660. The lowest BCUT2D eigenvalue weighted by Crippen LogP contribution is -1.97. The SMILES string of the molecule is CCc1nc(Cc2ccc3c(c2)CCC3)sc1C(=O)O. The van der Waals surface area contributed by atoms with E-state index < -0.39 is 5.97 Å². The molecule has 3 nitrogen and oxygen atoms in total. The fourth-order valence-corrected chi connectivity index (χ4v) is 3.82. The van der Waals surface area contributed by atoms with Gasteiger partial charge in [-0.3, -0.25) is 0 Å². The van der Waals surface area contributed by atoms with Gasteiger partial charge in [0.25, 0.3) is 0 Å². The molecule has 1 aliphatic carbocycles. The van der Waals surface area contributed by atoms with Crippen LogP contribution >= 0.6 is 11.3 Å². The fourth-order valence-electron chi connectivity index (χ4n) is 2.79. The number of aromatic nitrogens is 1. The lowest BCUT2D eigenvalue weighted by atomic mass is 10.0. The van der Waals surface area contributed by atoms with Crippen molar-refractivity contribution in [3.05, 3.63) is 50.5 Å². The molecule has 1 aromatic carbocycles. The summed E-state index contributed by atoms with van der Waals surface area (Å²) in [6.45, 7) is 1.95. The number of thiazole rings is 1. The van der Waals surface area contributed by atoms with Crippen LogP contribution in [0.5, 0.6) is 0 Å². The zero-order chi connectivity index (χ0) is 14.1. The molecule has 20 heavy (non-hydrogen) atoms. The van der Waals surface area contributed by atoms with Crippen LogP contribution in [0.3, 0.4) is 0 Å². The summed E-state index contributed by atoms with van der Waals surface area (Å²) in [6, 6.07) is 6.62. The molecule has 0 unspecified atom stereocenters. The van der Waals surface area contributed by atoms with Gasteiger partial charge in [-0.1, -0.05) is 25.1 Å². The summed E-state index contributed by atoms with van der Waals surface area (Å²) in [6.07, 6.45) is 5.01. The molecule has 0 spiro atoms. The second-order valence-corrected chi connectivity index (χ2v) is 6.26. The van der Waals surface area contributed by atoms with Crippen molar-refractivity contribution in [2.24, 2.45) is 0 Å². The van der Waals surface area contributed by atoms with Crippen LogP contribution in [0, 0.1) is 0 Å². The smallest absolute Gasteiger partial charge is 0.347 e. The Labute approximate surface area is 122 Å².